The van der Waals surface area contributed by atoms with E-state index in [2.05, 4.69) is 15.8 Å². The van der Waals surface area contributed by atoms with Gasteiger partial charge in [-0.1, -0.05) is 23.9 Å². The number of carbonyl (C=O) groups is 1. The number of alkyl halides is 2. The summed E-state index contributed by atoms with van der Waals surface area (Å²) in [5.41, 5.74) is 2.49. The number of carbonyl (C=O) groups excluding carboxylic acids is 1. The second-order valence-electron chi connectivity index (χ2n) is 6.81. The van der Waals surface area contributed by atoms with Gasteiger partial charge in [-0.3, -0.25) is 9.69 Å². The number of amidine groups is 1. The molecule has 1 aliphatic rings. The summed E-state index contributed by atoms with van der Waals surface area (Å²) in [4.78, 5) is 20.9. The van der Waals surface area contributed by atoms with Gasteiger partial charge >= 0.3 is 6.61 Å². The maximum absolute atomic E-state index is 13.1. The van der Waals surface area contributed by atoms with E-state index in [0.717, 1.165) is 23.0 Å². The molecule has 0 aromatic heterocycles. The molecule has 1 unspecified atom stereocenters. The summed E-state index contributed by atoms with van der Waals surface area (Å²) in [5, 5.41) is 9.08. The zero-order valence-electron chi connectivity index (χ0n) is 17.1. The molecule has 0 fully saturated rings. The van der Waals surface area contributed by atoms with Crippen LogP contribution in [0.3, 0.4) is 0 Å². The van der Waals surface area contributed by atoms with E-state index in [1.54, 1.807) is 13.0 Å². The number of nitrogens with zero attached hydrogens (tertiary/aromatic N) is 4. The molecule has 1 atom stereocenters. The monoisotopic (exact) mass is 442 g/mol. The molecule has 0 radical (unpaired) electrons. The topological polar surface area (TPSA) is 68.9 Å². The van der Waals surface area contributed by atoms with Gasteiger partial charge in [0.25, 0.3) is 5.91 Å². The molecule has 0 saturated heterocycles. The summed E-state index contributed by atoms with van der Waals surface area (Å²) in [6.45, 7) is -1.23. The SMILES string of the molecule is CC(C#N)SC1=N/C(=C\c2ccc(N(C)C)cc2)C(=O)N1c1ccc(OC(F)F)cc1. The highest BCUT2D eigenvalue weighted by molar-refractivity contribution is 8.15. The molecular formula is C22H20F2N4O2S. The minimum absolute atomic E-state index is 0.0151. The molecule has 160 valence electrons. The Morgan fingerprint density at radius 2 is 1.81 bits per heavy atom. The number of benzene rings is 2. The van der Waals surface area contributed by atoms with Crippen LogP contribution in [0.1, 0.15) is 12.5 Å². The Morgan fingerprint density at radius 3 is 2.35 bits per heavy atom. The number of thioether (sulfide) groups is 1. The van der Waals surface area contributed by atoms with Crippen molar-refractivity contribution in [2.45, 2.75) is 18.8 Å². The molecule has 0 aliphatic carbocycles. The third-order valence-corrected chi connectivity index (χ3v) is 5.27. The van der Waals surface area contributed by atoms with Crippen molar-refractivity contribution in [3.05, 3.63) is 59.8 Å². The minimum Gasteiger partial charge on any atom is -0.435 e. The Kier molecular flexibility index (Phi) is 6.92. The second kappa shape index (κ2) is 9.62. The first-order valence-electron chi connectivity index (χ1n) is 9.32. The third kappa shape index (κ3) is 5.41. The fourth-order valence-corrected chi connectivity index (χ4v) is 3.60. The lowest BCUT2D eigenvalue weighted by Gasteiger charge is -2.18. The number of ether oxygens (including phenoxy) is 1. The second-order valence-corrected chi connectivity index (χ2v) is 8.12. The van der Waals surface area contributed by atoms with Gasteiger partial charge in [-0.25, -0.2) is 4.99 Å². The average Bonchev–Trinajstić information content (AvgIpc) is 3.03. The van der Waals surface area contributed by atoms with Gasteiger partial charge in [0.15, 0.2) is 5.17 Å². The van der Waals surface area contributed by atoms with Crippen molar-refractivity contribution in [1.29, 1.82) is 5.26 Å². The highest BCUT2D eigenvalue weighted by Gasteiger charge is 2.33. The van der Waals surface area contributed by atoms with Gasteiger partial charge < -0.3 is 9.64 Å². The lowest BCUT2D eigenvalue weighted by molar-refractivity contribution is -0.113. The van der Waals surface area contributed by atoms with Crippen molar-refractivity contribution < 1.29 is 18.3 Å². The summed E-state index contributed by atoms with van der Waals surface area (Å²) < 4.78 is 29.2. The molecule has 1 heterocycles. The maximum atomic E-state index is 13.1. The van der Waals surface area contributed by atoms with Crippen LogP contribution in [0.25, 0.3) is 6.08 Å². The number of anilines is 2. The van der Waals surface area contributed by atoms with Crippen molar-refractivity contribution in [2.75, 3.05) is 23.9 Å². The van der Waals surface area contributed by atoms with Crippen molar-refractivity contribution >= 4 is 40.3 Å². The van der Waals surface area contributed by atoms with Crippen LogP contribution in [0.15, 0.2) is 59.2 Å². The Hall–Kier alpha value is -3.38. The molecule has 0 spiro atoms. The molecule has 1 aliphatic heterocycles. The summed E-state index contributed by atoms with van der Waals surface area (Å²) in [6, 6.07) is 15.4. The lowest BCUT2D eigenvalue weighted by Crippen LogP contribution is -2.31. The van der Waals surface area contributed by atoms with Crippen LogP contribution < -0.4 is 14.5 Å². The van der Waals surface area contributed by atoms with Gasteiger partial charge in [0.1, 0.15) is 11.4 Å². The van der Waals surface area contributed by atoms with Crippen LogP contribution in [0.4, 0.5) is 20.2 Å². The van der Waals surface area contributed by atoms with E-state index in [1.807, 2.05) is 43.3 Å². The number of hydrogen-bond acceptors (Lipinski definition) is 6. The predicted octanol–water partition coefficient (Wildman–Crippen LogP) is 4.74. The highest BCUT2D eigenvalue weighted by atomic mass is 32.2. The third-order valence-electron chi connectivity index (χ3n) is 4.33. The van der Waals surface area contributed by atoms with Crippen LogP contribution in [0, 0.1) is 11.3 Å². The largest absolute Gasteiger partial charge is 0.435 e. The number of amides is 1. The van der Waals surface area contributed by atoms with E-state index < -0.39 is 11.9 Å². The summed E-state index contributed by atoms with van der Waals surface area (Å²) >= 11 is 1.14. The zero-order valence-corrected chi connectivity index (χ0v) is 17.9. The molecule has 31 heavy (non-hydrogen) atoms. The molecule has 9 heteroatoms. The number of halogens is 2. The van der Waals surface area contributed by atoms with Crippen molar-refractivity contribution in [1.82, 2.24) is 0 Å². The average molecular weight is 442 g/mol. The van der Waals surface area contributed by atoms with Crippen LogP contribution in [0.5, 0.6) is 5.75 Å². The summed E-state index contributed by atoms with van der Waals surface area (Å²) in [5.74, 6) is -0.384. The first kappa shape index (κ1) is 22.3. The standard InChI is InChI=1S/C22H20F2N4O2S/c1-14(13-25)31-22-26-19(12-15-4-6-16(7-5-15)27(2)3)20(29)28(22)17-8-10-18(11-9-17)30-21(23)24/h4-12,14,21H,1-3H3/b19-12-. The van der Waals surface area contributed by atoms with Crippen molar-refractivity contribution in [3.8, 4) is 11.8 Å². The smallest absolute Gasteiger partial charge is 0.387 e. The molecule has 2 aromatic rings. The van der Waals surface area contributed by atoms with Crippen LogP contribution >= 0.6 is 11.8 Å². The van der Waals surface area contributed by atoms with Crippen LogP contribution in [0.2, 0.25) is 0 Å². The van der Waals surface area contributed by atoms with Crippen LogP contribution in [-0.4, -0.2) is 37.0 Å². The van der Waals surface area contributed by atoms with E-state index in [-0.39, 0.29) is 17.4 Å². The summed E-state index contributed by atoms with van der Waals surface area (Å²) in [7, 11) is 3.88. The number of hydrogen-bond donors (Lipinski definition) is 0. The molecule has 0 bridgehead atoms. The first-order valence-corrected chi connectivity index (χ1v) is 10.2. The van der Waals surface area contributed by atoms with Gasteiger partial charge in [0.05, 0.1) is 17.0 Å². The van der Waals surface area contributed by atoms with Gasteiger partial charge in [-0.2, -0.15) is 14.0 Å². The Balaban J connectivity index is 1.92. The number of rotatable bonds is 6. The highest BCUT2D eigenvalue weighted by Crippen LogP contribution is 2.32. The fraction of sp³-hybridized carbons (Fsp3) is 0.227. The van der Waals surface area contributed by atoms with Gasteiger partial charge in [0, 0.05) is 19.8 Å². The van der Waals surface area contributed by atoms with Gasteiger partial charge in [-0.05, 0) is 55.0 Å². The Morgan fingerprint density at radius 1 is 1.16 bits per heavy atom. The Labute approximate surface area is 183 Å². The molecule has 0 saturated carbocycles. The van der Waals surface area contributed by atoms with E-state index in [0.29, 0.717) is 10.9 Å². The van der Waals surface area contributed by atoms with E-state index in [4.69, 9.17) is 0 Å². The number of nitriles is 1. The van der Waals surface area contributed by atoms with E-state index >= 15 is 0 Å². The van der Waals surface area contributed by atoms with Crippen LogP contribution in [-0.2, 0) is 4.79 Å². The summed E-state index contributed by atoms with van der Waals surface area (Å²) in [6.07, 6.45) is 1.67. The molecule has 6 nitrogen and oxygen atoms in total. The molecule has 2 aromatic carbocycles. The predicted molar refractivity (Wildman–Crippen MR) is 119 cm³/mol. The molecule has 3 rings (SSSR count). The lowest BCUT2D eigenvalue weighted by atomic mass is 10.1. The molecule has 1 amide bonds. The maximum Gasteiger partial charge on any atom is 0.387 e. The first-order chi connectivity index (χ1) is 14.8. The number of aliphatic imine (C=N–C) groups is 1. The van der Waals surface area contributed by atoms with E-state index in [9.17, 15) is 18.8 Å². The minimum atomic E-state index is -2.93. The van der Waals surface area contributed by atoms with Crippen molar-refractivity contribution in [3.63, 3.8) is 0 Å². The van der Waals surface area contributed by atoms with Gasteiger partial charge in [0.2, 0.25) is 0 Å². The quantitative estimate of drug-likeness (QED) is 0.605. The molecule has 0 N–H and O–H groups in total. The van der Waals surface area contributed by atoms with Gasteiger partial charge in [-0.15, -0.1) is 0 Å². The fourth-order valence-electron chi connectivity index (χ4n) is 2.79. The zero-order chi connectivity index (χ0) is 22.5. The van der Waals surface area contributed by atoms with E-state index in [1.165, 1.54) is 29.2 Å². The Bertz CT molecular complexity index is 1040. The normalized spacial score (nSPS) is 15.8. The van der Waals surface area contributed by atoms with Crippen molar-refractivity contribution in [2.24, 2.45) is 4.99 Å². The molecular weight excluding hydrogens is 422 g/mol.